The number of carboxylic acids is 1. The maximum absolute atomic E-state index is 12.7. The molecule has 0 spiro atoms. The molecule has 1 rings (SSSR count). The number of alkyl halides is 2. The van der Waals surface area contributed by atoms with Crippen LogP contribution in [-0.2, 0) is 11.2 Å². The lowest BCUT2D eigenvalue weighted by atomic mass is 10.1. The lowest BCUT2D eigenvalue weighted by molar-refractivity contribution is -0.390. The summed E-state index contributed by atoms with van der Waals surface area (Å²) in [6, 6.07) is 0.954. The Bertz CT molecular complexity index is 476. The summed E-state index contributed by atoms with van der Waals surface area (Å²) in [5.74, 6) is -2.26. The molecule has 17 heavy (non-hydrogen) atoms. The minimum Gasteiger partial charge on any atom is -0.481 e. The van der Waals surface area contributed by atoms with Crippen LogP contribution < -0.4 is 0 Å². The molecule has 0 unspecified atom stereocenters. The first-order chi connectivity index (χ1) is 7.82. The van der Waals surface area contributed by atoms with E-state index >= 15 is 0 Å². The van der Waals surface area contributed by atoms with Crippen LogP contribution in [0.4, 0.5) is 14.6 Å². The first-order valence-corrected chi connectivity index (χ1v) is 4.47. The maximum Gasteiger partial charge on any atom is 0.367 e. The number of nitro groups is 1. The van der Waals surface area contributed by atoms with Gasteiger partial charge in [0, 0.05) is 12.5 Å². The smallest absolute Gasteiger partial charge is 0.367 e. The summed E-state index contributed by atoms with van der Waals surface area (Å²) in [4.78, 5) is 23.7. The number of hydrogen-bond donors (Lipinski definition) is 1. The van der Waals surface area contributed by atoms with E-state index in [0.717, 1.165) is 6.07 Å². The summed E-state index contributed by atoms with van der Waals surface area (Å²) in [5, 5.41) is 19.2. The Labute approximate surface area is 94.1 Å². The van der Waals surface area contributed by atoms with Crippen LogP contribution in [0.25, 0.3) is 0 Å². The number of aliphatic carboxylic acids is 1. The number of carboxylic acid groups (broad SMARTS) is 1. The molecule has 6 nitrogen and oxygen atoms in total. The summed E-state index contributed by atoms with van der Waals surface area (Å²) < 4.78 is 25.3. The molecule has 0 aliphatic rings. The fourth-order valence-electron chi connectivity index (χ4n) is 1.39. The molecule has 0 atom stereocenters. The minimum absolute atomic E-state index is 0.0427. The molecule has 92 valence electrons. The van der Waals surface area contributed by atoms with E-state index in [0.29, 0.717) is 0 Å². The second-order valence-corrected chi connectivity index (χ2v) is 3.28. The number of aromatic nitrogens is 1. The van der Waals surface area contributed by atoms with Crippen molar-refractivity contribution in [2.45, 2.75) is 19.8 Å². The van der Waals surface area contributed by atoms with Crippen LogP contribution in [0, 0.1) is 17.0 Å². The van der Waals surface area contributed by atoms with Gasteiger partial charge in [-0.25, -0.2) is 8.78 Å². The van der Waals surface area contributed by atoms with Gasteiger partial charge in [0.2, 0.25) is 0 Å². The highest BCUT2D eigenvalue weighted by Crippen LogP contribution is 2.29. The molecule has 1 heterocycles. The van der Waals surface area contributed by atoms with Crippen molar-refractivity contribution >= 4 is 11.8 Å². The first kappa shape index (κ1) is 12.9. The van der Waals surface area contributed by atoms with Gasteiger partial charge in [0.25, 0.3) is 6.43 Å². The van der Waals surface area contributed by atoms with Crippen LogP contribution in [0.2, 0.25) is 0 Å². The standard InChI is InChI=1S/C9H8F2N2O4/c1-4-2-5(8(10)11)6(3-7(14)15)9(12-4)13(16)17/h2,8H,3H2,1H3,(H,14,15). The molecule has 0 bridgehead atoms. The highest BCUT2D eigenvalue weighted by molar-refractivity contribution is 5.72. The van der Waals surface area contributed by atoms with Crippen LogP contribution in [0.15, 0.2) is 6.07 Å². The van der Waals surface area contributed by atoms with Gasteiger partial charge in [-0.15, -0.1) is 0 Å². The SMILES string of the molecule is Cc1cc(C(F)F)c(CC(=O)O)c([N+](=O)[O-])n1. The average Bonchev–Trinajstić information content (AvgIpc) is 2.18. The van der Waals surface area contributed by atoms with Crippen molar-refractivity contribution in [2.24, 2.45) is 0 Å². The topological polar surface area (TPSA) is 93.3 Å². The van der Waals surface area contributed by atoms with E-state index in [1.165, 1.54) is 6.92 Å². The van der Waals surface area contributed by atoms with Gasteiger partial charge >= 0.3 is 11.8 Å². The number of aryl methyl sites for hydroxylation is 1. The summed E-state index contributed by atoms with van der Waals surface area (Å²) in [6.07, 6.45) is -3.84. The lowest BCUT2D eigenvalue weighted by Gasteiger charge is -2.07. The van der Waals surface area contributed by atoms with Gasteiger partial charge in [0.05, 0.1) is 12.0 Å². The molecule has 0 fully saturated rings. The third kappa shape index (κ3) is 2.92. The van der Waals surface area contributed by atoms with Gasteiger partial charge in [-0.2, -0.15) is 0 Å². The zero-order valence-corrected chi connectivity index (χ0v) is 8.68. The van der Waals surface area contributed by atoms with Crippen LogP contribution in [-0.4, -0.2) is 21.0 Å². The number of halogens is 2. The second-order valence-electron chi connectivity index (χ2n) is 3.28. The van der Waals surface area contributed by atoms with Crippen molar-refractivity contribution in [1.82, 2.24) is 4.98 Å². The zero-order valence-electron chi connectivity index (χ0n) is 8.68. The lowest BCUT2D eigenvalue weighted by Crippen LogP contribution is -2.10. The van der Waals surface area contributed by atoms with E-state index in [4.69, 9.17) is 5.11 Å². The molecule has 0 amide bonds. The Morgan fingerprint density at radius 2 is 2.24 bits per heavy atom. The predicted octanol–water partition coefficient (Wildman–Crippen LogP) is 1.86. The third-order valence-electron chi connectivity index (χ3n) is 2.00. The second kappa shape index (κ2) is 4.81. The zero-order chi connectivity index (χ0) is 13.2. The maximum atomic E-state index is 12.7. The van der Waals surface area contributed by atoms with Gasteiger partial charge in [-0.05, 0) is 16.0 Å². The quantitative estimate of drug-likeness (QED) is 0.646. The van der Waals surface area contributed by atoms with Gasteiger partial charge in [0.15, 0.2) is 5.69 Å². The Kier molecular flexibility index (Phi) is 3.66. The molecule has 1 aromatic rings. The number of carbonyl (C=O) groups is 1. The molecule has 0 saturated carbocycles. The Morgan fingerprint density at radius 1 is 1.65 bits per heavy atom. The molecule has 0 radical (unpaired) electrons. The van der Waals surface area contributed by atoms with Gasteiger partial charge < -0.3 is 15.2 Å². The van der Waals surface area contributed by atoms with E-state index < -0.39 is 40.7 Å². The largest absolute Gasteiger partial charge is 0.481 e. The molecule has 1 aromatic heterocycles. The number of hydrogen-bond acceptors (Lipinski definition) is 4. The Balaban J connectivity index is 3.46. The summed E-state index contributed by atoms with van der Waals surface area (Å²) in [6.45, 7) is 1.32. The van der Waals surface area contributed by atoms with Crippen LogP contribution in [0.1, 0.15) is 23.2 Å². The van der Waals surface area contributed by atoms with E-state index in [1.807, 2.05) is 0 Å². The minimum atomic E-state index is -2.98. The molecule has 0 aromatic carbocycles. The molecular formula is C9H8F2N2O4. The third-order valence-corrected chi connectivity index (χ3v) is 2.00. The molecule has 0 aliphatic heterocycles. The van der Waals surface area contributed by atoms with E-state index in [9.17, 15) is 23.7 Å². The van der Waals surface area contributed by atoms with Crippen molar-refractivity contribution < 1.29 is 23.6 Å². The van der Waals surface area contributed by atoms with E-state index in [2.05, 4.69) is 4.98 Å². The van der Waals surface area contributed by atoms with Crippen molar-refractivity contribution in [3.63, 3.8) is 0 Å². The fourth-order valence-corrected chi connectivity index (χ4v) is 1.39. The normalized spacial score (nSPS) is 10.6. The fraction of sp³-hybridized carbons (Fsp3) is 0.333. The van der Waals surface area contributed by atoms with Gasteiger partial charge in [-0.1, -0.05) is 0 Å². The molecule has 1 N–H and O–H groups in total. The van der Waals surface area contributed by atoms with E-state index in [1.54, 1.807) is 0 Å². The van der Waals surface area contributed by atoms with Crippen LogP contribution in [0.3, 0.4) is 0 Å². The van der Waals surface area contributed by atoms with Crippen molar-refractivity contribution in [3.05, 3.63) is 33.0 Å². The molecule has 0 aliphatic carbocycles. The number of nitrogens with zero attached hydrogens (tertiary/aromatic N) is 2. The predicted molar refractivity (Wildman–Crippen MR) is 51.9 cm³/mol. The van der Waals surface area contributed by atoms with Gasteiger partial charge in [-0.3, -0.25) is 4.79 Å². The highest BCUT2D eigenvalue weighted by Gasteiger charge is 2.27. The van der Waals surface area contributed by atoms with Crippen molar-refractivity contribution in [3.8, 4) is 0 Å². The summed E-state index contributed by atoms with van der Waals surface area (Å²) in [7, 11) is 0. The van der Waals surface area contributed by atoms with Crippen molar-refractivity contribution in [2.75, 3.05) is 0 Å². The average molecular weight is 246 g/mol. The number of rotatable bonds is 4. The van der Waals surface area contributed by atoms with Gasteiger partial charge in [0.1, 0.15) is 0 Å². The van der Waals surface area contributed by atoms with Crippen LogP contribution >= 0.6 is 0 Å². The summed E-state index contributed by atoms with van der Waals surface area (Å²) in [5.41, 5.74) is -1.17. The Hall–Kier alpha value is -2.12. The number of pyridine rings is 1. The monoisotopic (exact) mass is 246 g/mol. The summed E-state index contributed by atoms with van der Waals surface area (Å²) >= 11 is 0. The molecule has 0 saturated heterocycles. The van der Waals surface area contributed by atoms with Crippen molar-refractivity contribution in [1.29, 1.82) is 0 Å². The van der Waals surface area contributed by atoms with Crippen LogP contribution in [0.5, 0.6) is 0 Å². The molecular weight excluding hydrogens is 238 g/mol. The van der Waals surface area contributed by atoms with E-state index in [-0.39, 0.29) is 5.69 Å². The molecule has 8 heteroatoms. The Morgan fingerprint density at radius 3 is 2.65 bits per heavy atom. The first-order valence-electron chi connectivity index (χ1n) is 4.47. The highest BCUT2D eigenvalue weighted by atomic mass is 19.3.